The topological polar surface area (TPSA) is 186 Å². The molecule has 6 aromatic rings. The summed E-state index contributed by atoms with van der Waals surface area (Å²) in [6, 6.07) is 13.6. The fraction of sp³-hybridized carbons (Fsp3) is 0.547. The minimum absolute atomic E-state index is 0.0338. The van der Waals surface area contributed by atoms with Crippen LogP contribution >= 0.6 is 34.5 Å². The van der Waals surface area contributed by atoms with Crippen LogP contribution in [0.3, 0.4) is 0 Å². The van der Waals surface area contributed by atoms with Crippen molar-refractivity contribution in [3.8, 4) is 44.7 Å². The molecule has 472 valence electrons. The van der Waals surface area contributed by atoms with Crippen LogP contribution in [-0.2, 0) is 61.1 Å². The second kappa shape index (κ2) is 31.9. The molecule has 1 saturated carbocycles. The number of ether oxygens (including phenoxy) is 12. The summed E-state index contributed by atoms with van der Waals surface area (Å²) < 4.78 is 87.0. The number of hydrogen-bond acceptors (Lipinski definition) is 20. The van der Waals surface area contributed by atoms with Crippen LogP contribution in [0.15, 0.2) is 61.1 Å². The van der Waals surface area contributed by atoms with Gasteiger partial charge in [0.1, 0.15) is 59.2 Å². The Bertz CT molecular complexity index is 3170. The van der Waals surface area contributed by atoms with Crippen LogP contribution in [0.5, 0.6) is 23.1 Å². The van der Waals surface area contributed by atoms with E-state index in [4.69, 9.17) is 100.0 Å². The average molecular weight is 1260 g/mol. The van der Waals surface area contributed by atoms with Crippen molar-refractivity contribution in [3.63, 3.8) is 0 Å². The zero-order valence-electron chi connectivity index (χ0n) is 50.9. The monoisotopic (exact) mass is 1260 g/mol. The normalized spacial score (nSPS) is 17.3. The van der Waals surface area contributed by atoms with Crippen LogP contribution in [0, 0.1) is 19.7 Å². The highest BCUT2D eigenvalue weighted by atomic mass is 35.5. The molecule has 4 bridgehead atoms. The lowest BCUT2D eigenvalue weighted by Gasteiger charge is -2.40. The Balaban J connectivity index is 0.935. The van der Waals surface area contributed by atoms with Crippen LogP contribution < -0.4 is 18.9 Å². The summed E-state index contributed by atoms with van der Waals surface area (Å²) in [6.45, 7) is 19.6. The van der Waals surface area contributed by atoms with Crippen molar-refractivity contribution < 1.29 is 66.0 Å². The Morgan fingerprint density at radius 3 is 2.02 bits per heavy atom. The standard InChI is InChI=1S/C64H81Cl2FN6O13S/c1-42-52-43(2)56(66)57(55(42)65)84-49(37-73-21-19-72(6)20-22-73)39-82-48-13-14-50(45(35-48)36-51(61(74)86-63(3,4)5)85-59-54-53(52)58(87-60(54)70-41-69-59)44-9-11-46(67)12-10-44)83-38-47-15-18-68-62(71-47)64(16-8-17-64)40-81-34-33-80-32-31-79-30-29-78-28-27-77-26-25-76-24-23-75-7/h9-15,18,35,41,49,51H,8,16-17,19-34,36-40H2,1-7H3/t49-,51-/m1/s1. The molecule has 6 heterocycles. The molecule has 2 atom stereocenters. The van der Waals surface area contributed by atoms with E-state index in [2.05, 4.69) is 16.8 Å². The summed E-state index contributed by atoms with van der Waals surface area (Å²) in [4.78, 5) is 39.9. The van der Waals surface area contributed by atoms with E-state index in [0.717, 1.165) is 50.3 Å². The number of carbonyl (C=O) groups excluding carboxylic acids is 1. The maximum Gasteiger partial charge on any atom is 0.348 e. The lowest BCUT2D eigenvalue weighted by atomic mass is 9.68. The SMILES string of the molecule is COCCOCCOCCOCCOCCOCCOCC1(c2nccc(COc3ccc4cc3C[C@H](C(=O)OC(C)(C)C)Oc3ncnc5sc(-c6ccc(F)cc6)c(c35)-c3c(C)c(Cl)c(c(Cl)c3C)O[C@H](CN3CCN(C)CC3)CO4)n2)CCC1. The molecule has 10 rings (SSSR count). The smallest absolute Gasteiger partial charge is 0.348 e. The molecule has 3 aromatic heterocycles. The van der Waals surface area contributed by atoms with E-state index in [1.165, 1.54) is 29.8 Å². The van der Waals surface area contributed by atoms with E-state index < -0.39 is 23.8 Å². The van der Waals surface area contributed by atoms with Crippen LogP contribution in [-0.4, -0.2) is 193 Å². The Hall–Kier alpha value is -5.40. The number of aromatic nitrogens is 4. The second-order valence-corrected chi connectivity index (χ2v) is 24.7. The van der Waals surface area contributed by atoms with Gasteiger partial charge in [-0.15, -0.1) is 11.3 Å². The minimum Gasteiger partial charge on any atom is -0.490 e. The molecule has 87 heavy (non-hydrogen) atoms. The number of esters is 1. The van der Waals surface area contributed by atoms with Crippen LogP contribution in [0.4, 0.5) is 4.39 Å². The number of fused-ring (bicyclic) bond motifs is 7. The number of thiophene rings is 1. The van der Waals surface area contributed by atoms with Gasteiger partial charge in [0, 0.05) is 68.5 Å². The Kier molecular flexibility index (Phi) is 24.2. The maximum atomic E-state index is 14.7. The van der Waals surface area contributed by atoms with Gasteiger partial charge in [-0.05, 0) is 113 Å². The Morgan fingerprint density at radius 2 is 1.41 bits per heavy atom. The summed E-state index contributed by atoms with van der Waals surface area (Å²) in [6.07, 6.45) is 4.09. The zero-order chi connectivity index (χ0) is 61.3. The largest absolute Gasteiger partial charge is 0.490 e. The van der Waals surface area contributed by atoms with Gasteiger partial charge < -0.3 is 61.7 Å². The minimum atomic E-state index is -1.28. The van der Waals surface area contributed by atoms with Gasteiger partial charge in [-0.3, -0.25) is 4.90 Å². The molecule has 1 saturated heterocycles. The summed E-state index contributed by atoms with van der Waals surface area (Å²) in [5, 5.41) is 1.13. The highest BCUT2D eigenvalue weighted by molar-refractivity contribution is 7.22. The molecule has 23 heteroatoms. The van der Waals surface area contributed by atoms with Gasteiger partial charge in [0.25, 0.3) is 0 Å². The van der Waals surface area contributed by atoms with E-state index in [1.807, 2.05) is 38.1 Å². The van der Waals surface area contributed by atoms with Gasteiger partial charge in [-0.2, -0.15) is 0 Å². The fourth-order valence-electron chi connectivity index (χ4n) is 10.5. The van der Waals surface area contributed by atoms with E-state index in [9.17, 15) is 9.18 Å². The number of carbonyl (C=O) groups is 1. The van der Waals surface area contributed by atoms with Crippen molar-refractivity contribution in [3.05, 3.63) is 105 Å². The first-order valence-electron chi connectivity index (χ1n) is 29.7. The zero-order valence-corrected chi connectivity index (χ0v) is 53.3. The van der Waals surface area contributed by atoms with Gasteiger partial charge in [-0.25, -0.2) is 29.1 Å². The van der Waals surface area contributed by atoms with E-state index in [-0.39, 0.29) is 36.7 Å². The number of piperazine rings is 1. The van der Waals surface area contributed by atoms with Crippen molar-refractivity contribution in [2.45, 2.75) is 90.1 Å². The van der Waals surface area contributed by atoms with Crippen molar-refractivity contribution >= 4 is 50.7 Å². The molecule has 1 aliphatic carbocycles. The summed E-state index contributed by atoms with van der Waals surface area (Å²) >= 11 is 16.3. The number of likely N-dealkylation sites (N-methyl/N-ethyl adjacent to an activating group) is 1. The third-order valence-corrected chi connectivity index (χ3v) is 17.4. The molecule has 2 fully saturated rings. The molecular weight excluding hydrogens is 1180 g/mol. The quantitative estimate of drug-likeness (QED) is 0.0333. The van der Waals surface area contributed by atoms with Gasteiger partial charge >= 0.3 is 5.97 Å². The average Bonchev–Trinajstić information content (AvgIpc) is 2.62. The number of hydrogen-bond donors (Lipinski definition) is 0. The van der Waals surface area contributed by atoms with E-state index >= 15 is 0 Å². The van der Waals surface area contributed by atoms with Crippen LogP contribution in [0.2, 0.25) is 10.0 Å². The Morgan fingerprint density at radius 1 is 0.782 bits per heavy atom. The molecule has 0 N–H and O–H groups in total. The Labute approximate surface area is 523 Å². The van der Waals surface area contributed by atoms with Crippen LogP contribution in [0.1, 0.15) is 68.2 Å². The molecule has 19 nitrogen and oxygen atoms in total. The van der Waals surface area contributed by atoms with Gasteiger partial charge in [0.2, 0.25) is 12.0 Å². The fourth-order valence-corrected chi connectivity index (χ4v) is 12.2. The molecule has 3 aliphatic heterocycles. The molecule has 0 spiro atoms. The molecule has 0 amide bonds. The van der Waals surface area contributed by atoms with Crippen molar-refractivity contribution in [2.24, 2.45) is 0 Å². The lowest BCUT2D eigenvalue weighted by Crippen LogP contribution is -2.49. The first-order chi connectivity index (χ1) is 42.1. The second-order valence-electron chi connectivity index (χ2n) is 22.9. The summed E-state index contributed by atoms with van der Waals surface area (Å²) in [5.41, 5.74) is 3.41. The van der Waals surface area contributed by atoms with Crippen LogP contribution in [0.25, 0.3) is 31.8 Å². The van der Waals surface area contributed by atoms with Gasteiger partial charge in [0.05, 0.1) is 112 Å². The predicted octanol–water partition coefficient (Wildman–Crippen LogP) is 10.3. The molecular formula is C64H81Cl2FN6O13S. The summed E-state index contributed by atoms with van der Waals surface area (Å²) in [5.74, 6) is 1.07. The number of rotatable bonds is 28. The van der Waals surface area contributed by atoms with Crippen molar-refractivity contribution in [1.29, 1.82) is 0 Å². The first kappa shape index (κ1) is 66.0. The maximum absolute atomic E-state index is 14.7. The first-order valence-corrected chi connectivity index (χ1v) is 31.3. The van der Waals surface area contributed by atoms with Gasteiger partial charge in [-0.1, -0.05) is 41.8 Å². The van der Waals surface area contributed by atoms with E-state index in [0.29, 0.717) is 175 Å². The number of methoxy groups -OCH3 is 1. The predicted molar refractivity (Wildman–Crippen MR) is 331 cm³/mol. The van der Waals surface area contributed by atoms with E-state index in [1.54, 1.807) is 46.2 Å². The van der Waals surface area contributed by atoms with Gasteiger partial charge in [0.15, 0.2) is 5.75 Å². The third-order valence-electron chi connectivity index (χ3n) is 15.3. The highest BCUT2D eigenvalue weighted by Gasteiger charge is 2.42. The third kappa shape index (κ3) is 17.9. The molecule has 3 aromatic carbocycles. The molecule has 4 aliphatic rings. The number of halogens is 3. The number of nitrogens with zero attached hydrogens (tertiary/aromatic N) is 6. The number of benzene rings is 3. The van der Waals surface area contributed by atoms with Crippen molar-refractivity contribution in [1.82, 2.24) is 29.7 Å². The highest BCUT2D eigenvalue weighted by Crippen LogP contribution is 2.53. The molecule has 0 radical (unpaired) electrons. The molecule has 0 unspecified atom stereocenters. The van der Waals surface area contributed by atoms with Crippen molar-refractivity contribution in [2.75, 3.05) is 139 Å². The lowest BCUT2D eigenvalue weighted by molar-refractivity contribution is -0.163. The summed E-state index contributed by atoms with van der Waals surface area (Å²) in [7, 11) is 3.76.